The van der Waals surface area contributed by atoms with Gasteiger partial charge in [0.05, 0.1) is 22.3 Å². The molecule has 5 nitrogen and oxygen atoms in total. The van der Waals surface area contributed by atoms with Crippen LogP contribution in [0.1, 0.15) is 15.9 Å². The number of carbonyl (C=O) groups is 1. The summed E-state index contributed by atoms with van der Waals surface area (Å²) in [7, 11) is 0. The number of nitrogens with one attached hydrogen (secondary N) is 1. The van der Waals surface area contributed by atoms with Gasteiger partial charge in [-0.2, -0.15) is 0 Å². The molecule has 0 spiro atoms. The lowest BCUT2D eigenvalue weighted by atomic mass is 10.2. The van der Waals surface area contributed by atoms with Gasteiger partial charge in [0.1, 0.15) is 0 Å². The molecule has 1 aromatic heterocycles. The van der Waals surface area contributed by atoms with Gasteiger partial charge < -0.3 is 10.1 Å². The van der Waals surface area contributed by atoms with E-state index in [0.29, 0.717) is 21.7 Å². The first-order chi connectivity index (χ1) is 9.99. The Morgan fingerprint density at radius 3 is 2.71 bits per heavy atom. The molecule has 0 saturated carbocycles. The minimum atomic E-state index is -1.09. The summed E-state index contributed by atoms with van der Waals surface area (Å²) >= 11 is 6.10. The molecule has 0 atom stereocenters. The minimum Gasteiger partial charge on any atom is -0.478 e. The molecule has 0 saturated heterocycles. The van der Waals surface area contributed by atoms with Crippen molar-refractivity contribution in [1.29, 1.82) is 0 Å². The highest BCUT2D eigenvalue weighted by Crippen LogP contribution is 2.23. The van der Waals surface area contributed by atoms with Gasteiger partial charge >= 0.3 is 11.7 Å². The lowest BCUT2D eigenvalue weighted by Gasteiger charge is -2.06. The summed E-state index contributed by atoms with van der Waals surface area (Å²) in [6.45, 7) is 1.87. The van der Waals surface area contributed by atoms with Crippen LogP contribution in [0.15, 0.2) is 41.2 Å². The van der Waals surface area contributed by atoms with Crippen LogP contribution in [-0.4, -0.2) is 20.6 Å². The van der Waals surface area contributed by atoms with Crippen molar-refractivity contribution in [2.24, 2.45) is 0 Å². The predicted octanol–water partition coefficient (Wildman–Crippen LogP) is 2.98. The monoisotopic (exact) mass is 302 g/mol. The Morgan fingerprint density at radius 1 is 1.29 bits per heavy atom. The first-order valence-corrected chi connectivity index (χ1v) is 6.60. The minimum absolute atomic E-state index is 0.0570. The summed E-state index contributed by atoms with van der Waals surface area (Å²) in [6.07, 6.45) is 0. The average Bonchev–Trinajstić information content (AvgIpc) is 2.77. The van der Waals surface area contributed by atoms with E-state index in [4.69, 9.17) is 11.6 Å². The lowest BCUT2D eigenvalue weighted by Crippen LogP contribution is -2.14. The molecule has 0 aliphatic carbocycles. The topological polar surface area (TPSA) is 75.1 Å². The largest absolute Gasteiger partial charge is 0.478 e. The predicted molar refractivity (Wildman–Crippen MR) is 80.6 cm³/mol. The van der Waals surface area contributed by atoms with Crippen LogP contribution in [0, 0.1) is 6.92 Å². The Morgan fingerprint density at radius 2 is 2.05 bits per heavy atom. The molecule has 0 radical (unpaired) electrons. The van der Waals surface area contributed by atoms with Crippen molar-refractivity contribution in [3.05, 3.63) is 63.0 Å². The molecule has 0 fully saturated rings. The van der Waals surface area contributed by atoms with Crippen LogP contribution in [0.4, 0.5) is 0 Å². The summed E-state index contributed by atoms with van der Waals surface area (Å²) in [6, 6.07) is 10.00. The van der Waals surface area contributed by atoms with E-state index in [1.165, 1.54) is 10.6 Å². The van der Waals surface area contributed by atoms with E-state index >= 15 is 0 Å². The number of benzene rings is 2. The van der Waals surface area contributed by atoms with Gasteiger partial charge in [-0.15, -0.1) is 0 Å². The smallest absolute Gasteiger partial charge is 0.337 e. The van der Waals surface area contributed by atoms with Gasteiger partial charge in [-0.25, -0.2) is 9.59 Å². The Bertz CT molecular complexity index is 924. The maximum Gasteiger partial charge on any atom is 0.337 e. The number of imidazole rings is 1. The first-order valence-electron chi connectivity index (χ1n) is 6.22. The van der Waals surface area contributed by atoms with Gasteiger partial charge in [-0.1, -0.05) is 23.7 Å². The molecule has 6 heteroatoms. The van der Waals surface area contributed by atoms with Crippen molar-refractivity contribution < 1.29 is 9.90 Å². The molecular weight excluding hydrogens is 292 g/mol. The Kier molecular flexibility index (Phi) is 3.07. The number of nitrogens with zero attached hydrogens (tertiary/aromatic N) is 1. The highest BCUT2D eigenvalue weighted by molar-refractivity contribution is 6.31. The second kappa shape index (κ2) is 4.79. The molecule has 3 rings (SSSR count). The number of halogens is 1. The Hall–Kier alpha value is -2.53. The second-order valence-electron chi connectivity index (χ2n) is 4.70. The molecule has 106 valence electrons. The van der Waals surface area contributed by atoms with Crippen LogP contribution in [0.3, 0.4) is 0 Å². The molecule has 2 aromatic carbocycles. The molecule has 3 aromatic rings. The molecule has 0 unspecified atom stereocenters. The van der Waals surface area contributed by atoms with E-state index < -0.39 is 11.7 Å². The van der Waals surface area contributed by atoms with Crippen molar-refractivity contribution in [3.8, 4) is 5.69 Å². The SMILES string of the molecule is Cc1ccc(-n2c(=O)[nH]c3c(C(=O)O)cccc32)cc1Cl. The van der Waals surface area contributed by atoms with E-state index in [2.05, 4.69) is 4.98 Å². The number of rotatable bonds is 2. The van der Waals surface area contributed by atoms with Crippen LogP contribution in [0.2, 0.25) is 5.02 Å². The van der Waals surface area contributed by atoms with Crippen LogP contribution in [-0.2, 0) is 0 Å². The molecule has 0 aliphatic rings. The molecule has 21 heavy (non-hydrogen) atoms. The Balaban J connectivity index is 2.35. The highest BCUT2D eigenvalue weighted by atomic mass is 35.5. The third-order valence-electron chi connectivity index (χ3n) is 3.36. The third kappa shape index (κ3) is 2.11. The second-order valence-corrected chi connectivity index (χ2v) is 5.11. The fourth-order valence-corrected chi connectivity index (χ4v) is 2.46. The molecule has 0 aliphatic heterocycles. The first kappa shape index (κ1) is 13.5. The van der Waals surface area contributed by atoms with E-state index in [1.807, 2.05) is 13.0 Å². The van der Waals surface area contributed by atoms with E-state index in [-0.39, 0.29) is 5.56 Å². The number of aromatic carboxylic acids is 1. The number of para-hydroxylation sites is 1. The maximum atomic E-state index is 12.2. The molecule has 2 N–H and O–H groups in total. The van der Waals surface area contributed by atoms with E-state index in [0.717, 1.165) is 5.56 Å². The van der Waals surface area contributed by atoms with Crippen molar-refractivity contribution in [2.75, 3.05) is 0 Å². The number of fused-ring (bicyclic) bond motifs is 1. The number of carboxylic acid groups (broad SMARTS) is 1. The van der Waals surface area contributed by atoms with Gasteiger partial charge in [0.2, 0.25) is 0 Å². The zero-order valence-electron chi connectivity index (χ0n) is 11.1. The van der Waals surface area contributed by atoms with Gasteiger partial charge in [0.15, 0.2) is 0 Å². The zero-order chi connectivity index (χ0) is 15.1. The number of aromatic nitrogens is 2. The number of aryl methyl sites for hydroxylation is 1. The van der Waals surface area contributed by atoms with Crippen LogP contribution in [0.5, 0.6) is 0 Å². The van der Waals surface area contributed by atoms with E-state index in [9.17, 15) is 14.7 Å². The summed E-state index contributed by atoms with van der Waals surface area (Å²) in [5.74, 6) is -1.09. The van der Waals surface area contributed by atoms with Gasteiger partial charge in [-0.3, -0.25) is 4.57 Å². The number of aromatic amines is 1. The van der Waals surface area contributed by atoms with Crippen molar-refractivity contribution in [1.82, 2.24) is 9.55 Å². The molecule has 0 bridgehead atoms. The van der Waals surface area contributed by atoms with Crippen LogP contribution in [0.25, 0.3) is 16.7 Å². The maximum absolute atomic E-state index is 12.2. The van der Waals surface area contributed by atoms with Crippen molar-refractivity contribution >= 4 is 28.6 Å². The van der Waals surface area contributed by atoms with Crippen LogP contribution < -0.4 is 5.69 Å². The van der Waals surface area contributed by atoms with Crippen molar-refractivity contribution in [2.45, 2.75) is 6.92 Å². The standard InChI is InChI=1S/C15H11ClN2O3/c1-8-5-6-9(7-11(8)16)18-12-4-2-3-10(14(19)20)13(12)17-15(18)21/h2-7H,1H3,(H,17,21)(H,19,20). The summed E-state index contributed by atoms with van der Waals surface area (Å²) in [5, 5.41) is 9.73. The number of hydrogen-bond acceptors (Lipinski definition) is 2. The fraction of sp³-hybridized carbons (Fsp3) is 0.0667. The average molecular weight is 303 g/mol. The summed E-state index contributed by atoms with van der Waals surface area (Å²) in [4.78, 5) is 26.0. The normalized spacial score (nSPS) is 11.0. The fourth-order valence-electron chi connectivity index (χ4n) is 2.29. The summed E-state index contributed by atoms with van der Waals surface area (Å²) in [5.41, 5.74) is 1.94. The summed E-state index contributed by atoms with van der Waals surface area (Å²) < 4.78 is 1.41. The molecule has 1 heterocycles. The van der Waals surface area contributed by atoms with Gasteiger partial charge in [0.25, 0.3) is 0 Å². The lowest BCUT2D eigenvalue weighted by molar-refractivity contribution is 0.0699. The van der Waals surface area contributed by atoms with Gasteiger partial charge in [0, 0.05) is 5.02 Å². The zero-order valence-corrected chi connectivity index (χ0v) is 11.8. The number of hydrogen-bond donors (Lipinski definition) is 2. The highest BCUT2D eigenvalue weighted by Gasteiger charge is 2.15. The van der Waals surface area contributed by atoms with Gasteiger partial charge in [-0.05, 0) is 36.8 Å². The quantitative estimate of drug-likeness (QED) is 0.764. The molecule has 0 amide bonds. The van der Waals surface area contributed by atoms with Crippen molar-refractivity contribution in [3.63, 3.8) is 0 Å². The van der Waals surface area contributed by atoms with E-state index in [1.54, 1.807) is 24.3 Å². The van der Waals surface area contributed by atoms with Crippen LogP contribution >= 0.6 is 11.6 Å². The third-order valence-corrected chi connectivity index (χ3v) is 3.77. The number of H-pyrrole nitrogens is 1. The number of carboxylic acids is 1. The Labute approximate surface area is 124 Å². The molecular formula is C15H11ClN2O3.